The third-order valence-corrected chi connectivity index (χ3v) is 3.66. The van der Waals surface area contributed by atoms with Crippen molar-refractivity contribution in [2.45, 2.75) is 19.5 Å². The van der Waals surface area contributed by atoms with Crippen LogP contribution in [0.5, 0.6) is 11.5 Å². The number of fused-ring (bicyclic) bond motifs is 1. The number of hydrogen-bond donors (Lipinski definition) is 1. The Bertz CT molecular complexity index is 769. The number of rotatable bonds is 4. The van der Waals surface area contributed by atoms with E-state index in [4.69, 9.17) is 9.47 Å². The van der Waals surface area contributed by atoms with Gasteiger partial charge in [-0.25, -0.2) is 0 Å². The Morgan fingerprint density at radius 2 is 2.00 bits per heavy atom. The molecule has 23 heavy (non-hydrogen) atoms. The molecular formula is C17H18N2O4. The van der Waals surface area contributed by atoms with E-state index in [1.54, 1.807) is 18.3 Å². The summed E-state index contributed by atoms with van der Waals surface area (Å²) in [5, 5.41) is 2.88. The minimum absolute atomic E-state index is 0.00539. The topological polar surface area (TPSA) is 69.6 Å². The normalized spacial score (nSPS) is 14.1. The van der Waals surface area contributed by atoms with Gasteiger partial charge in [-0.2, -0.15) is 0 Å². The van der Waals surface area contributed by atoms with Crippen LogP contribution in [0.2, 0.25) is 0 Å². The van der Waals surface area contributed by atoms with Gasteiger partial charge in [-0.15, -0.1) is 0 Å². The summed E-state index contributed by atoms with van der Waals surface area (Å²) in [7, 11) is 0. The van der Waals surface area contributed by atoms with Crippen LogP contribution in [-0.2, 0) is 11.3 Å². The molecular weight excluding hydrogens is 296 g/mol. The van der Waals surface area contributed by atoms with Crippen LogP contribution < -0.4 is 20.3 Å². The van der Waals surface area contributed by atoms with E-state index in [1.807, 2.05) is 25.1 Å². The van der Waals surface area contributed by atoms with Crippen molar-refractivity contribution in [2.24, 2.45) is 0 Å². The molecule has 0 bridgehead atoms. The Morgan fingerprint density at radius 3 is 2.78 bits per heavy atom. The summed E-state index contributed by atoms with van der Waals surface area (Å²) in [5.41, 5.74) is 0.720. The van der Waals surface area contributed by atoms with Crippen LogP contribution in [0, 0.1) is 0 Å². The second-order valence-electron chi connectivity index (χ2n) is 5.36. The van der Waals surface area contributed by atoms with Crippen molar-refractivity contribution in [1.82, 2.24) is 9.88 Å². The van der Waals surface area contributed by atoms with Crippen LogP contribution in [0.15, 0.2) is 47.4 Å². The lowest BCUT2D eigenvalue weighted by Gasteiger charge is -2.21. The highest BCUT2D eigenvalue weighted by atomic mass is 16.6. The number of carbonyl (C=O) groups excluding carboxylic acids is 1. The van der Waals surface area contributed by atoms with Crippen LogP contribution in [0.4, 0.5) is 0 Å². The summed E-state index contributed by atoms with van der Waals surface area (Å²) in [6, 6.07) is 10.2. The van der Waals surface area contributed by atoms with Crippen molar-refractivity contribution >= 4 is 5.91 Å². The first-order valence-electron chi connectivity index (χ1n) is 7.48. The molecule has 0 saturated carbocycles. The highest BCUT2D eigenvalue weighted by Crippen LogP contribution is 2.32. The molecule has 1 N–H and O–H groups in total. The van der Waals surface area contributed by atoms with Gasteiger partial charge < -0.3 is 19.4 Å². The molecule has 2 heterocycles. The third-order valence-electron chi connectivity index (χ3n) is 3.66. The zero-order valence-corrected chi connectivity index (χ0v) is 12.8. The van der Waals surface area contributed by atoms with Crippen LogP contribution >= 0.6 is 0 Å². The SMILES string of the molecule is C[C@H](NC(=O)Cn1ccccc1=O)c1ccc2c(c1)OCCO2. The van der Waals surface area contributed by atoms with Crippen molar-refractivity contribution in [3.05, 3.63) is 58.5 Å². The molecule has 1 aliphatic rings. The molecule has 0 saturated heterocycles. The molecule has 1 aromatic heterocycles. The van der Waals surface area contributed by atoms with E-state index >= 15 is 0 Å². The quantitative estimate of drug-likeness (QED) is 0.928. The number of hydrogen-bond acceptors (Lipinski definition) is 4. The third kappa shape index (κ3) is 3.53. The summed E-state index contributed by atoms with van der Waals surface area (Å²) in [4.78, 5) is 23.7. The molecule has 0 fully saturated rings. The summed E-state index contributed by atoms with van der Waals surface area (Å²) in [6.07, 6.45) is 1.59. The Labute approximate surface area is 133 Å². The van der Waals surface area contributed by atoms with Crippen molar-refractivity contribution in [1.29, 1.82) is 0 Å². The second-order valence-corrected chi connectivity index (χ2v) is 5.36. The van der Waals surface area contributed by atoms with E-state index < -0.39 is 0 Å². The van der Waals surface area contributed by atoms with Crippen LogP contribution in [-0.4, -0.2) is 23.7 Å². The van der Waals surface area contributed by atoms with Gasteiger partial charge in [-0.1, -0.05) is 12.1 Å². The van der Waals surface area contributed by atoms with E-state index in [0.717, 1.165) is 11.3 Å². The van der Waals surface area contributed by atoms with Crippen molar-refractivity contribution in [2.75, 3.05) is 13.2 Å². The molecule has 0 radical (unpaired) electrons. The maximum atomic E-state index is 12.1. The number of pyridine rings is 1. The first-order chi connectivity index (χ1) is 11.1. The summed E-state index contributed by atoms with van der Waals surface area (Å²) in [5.74, 6) is 1.18. The number of benzene rings is 1. The first kappa shape index (κ1) is 15.1. The highest BCUT2D eigenvalue weighted by Gasteiger charge is 2.16. The van der Waals surface area contributed by atoms with E-state index in [1.165, 1.54) is 10.6 Å². The van der Waals surface area contributed by atoms with Crippen LogP contribution in [0.3, 0.4) is 0 Å². The average Bonchev–Trinajstić information content (AvgIpc) is 2.56. The van der Waals surface area contributed by atoms with Gasteiger partial charge in [0.1, 0.15) is 19.8 Å². The zero-order chi connectivity index (χ0) is 16.2. The van der Waals surface area contributed by atoms with Crippen molar-refractivity contribution in [3.63, 3.8) is 0 Å². The maximum absolute atomic E-state index is 12.1. The lowest BCUT2D eigenvalue weighted by molar-refractivity contribution is -0.122. The predicted molar refractivity (Wildman–Crippen MR) is 84.7 cm³/mol. The number of aromatic nitrogens is 1. The predicted octanol–water partition coefficient (Wildman–Crippen LogP) is 1.50. The zero-order valence-electron chi connectivity index (χ0n) is 12.8. The fourth-order valence-corrected chi connectivity index (χ4v) is 2.45. The molecule has 2 aromatic rings. The number of nitrogens with one attached hydrogen (secondary N) is 1. The fraction of sp³-hybridized carbons (Fsp3) is 0.294. The lowest BCUT2D eigenvalue weighted by atomic mass is 10.1. The van der Waals surface area contributed by atoms with Crippen molar-refractivity contribution in [3.8, 4) is 11.5 Å². The lowest BCUT2D eigenvalue weighted by Crippen LogP contribution is -2.33. The van der Waals surface area contributed by atoms with E-state index in [2.05, 4.69) is 5.32 Å². The highest BCUT2D eigenvalue weighted by molar-refractivity contribution is 5.76. The molecule has 1 aromatic carbocycles. The molecule has 6 nitrogen and oxygen atoms in total. The maximum Gasteiger partial charge on any atom is 0.250 e. The molecule has 0 spiro atoms. The molecule has 1 amide bonds. The Hall–Kier alpha value is -2.76. The van der Waals surface area contributed by atoms with Gasteiger partial charge in [0.2, 0.25) is 5.91 Å². The molecule has 0 aliphatic carbocycles. The van der Waals surface area contributed by atoms with Gasteiger partial charge in [-0.05, 0) is 30.7 Å². The van der Waals surface area contributed by atoms with E-state index in [0.29, 0.717) is 19.0 Å². The first-order valence-corrected chi connectivity index (χ1v) is 7.48. The van der Waals surface area contributed by atoms with E-state index in [9.17, 15) is 9.59 Å². The molecule has 3 rings (SSSR count). The summed E-state index contributed by atoms with van der Waals surface area (Å²) < 4.78 is 12.4. The van der Waals surface area contributed by atoms with Gasteiger partial charge in [0.25, 0.3) is 5.56 Å². The van der Waals surface area contributed by atoms with Gasteiger partial charge in [0, 0.05) is 12.3 Å². The molecule has 0 unspecified atom stereocenters. The van der Waals surface area contributed by atoms with Crippen LogP contribution in [0.25, 0.3) is 0 Å². The Morgan fingerprint density at radius 1 is 1.22 bits per heavy atom. The number of nitrogens with zero attached hydrogens (tertiary/aromatic N) is 1. The Kier molecular flexibility index (Phi) is 4.32. The van der Waals surface area contributed by atoms with Crippen molar-refractivity contribution < 1.29 is 14.3 Å². The largest absolute Gasteiger partial charge is 0.486 e. The molecule has 6 heteroatoms. The summed E-state index contributed by atoms with van der Waals surface area (Å²) in [6.45, 7) is 2.95. The van der Waals surface area contributed by atoms with E-state index in [-0.39, 0.29) is 24.1 Å². The number of ether oxygens (including phenoxy) is 2. The smallest absolute Gasteiger partial charge is 0.250 e. The second kappa shape index (κ2) is 6.56. The standard InChI is InChI=1S/C17H18N2O4/c1-12(13-5-6-14-15(10-13)23-9-8-22-14)18-16(20)11-19-7-3-2-4-17(19)21/h2-7,10,12H,8-9,11H2,1H3,(H,18,20)/t12-/m0/s1. The minimum atomic E-state index is -0.222. The van der Waals surface area contributed by atoms with Crippen LogP contribution in [0.1, 0.15) is 18.5 Å². The minimum Gasteiger partial charge on any atom is -0.486 e. The van der Waals surface area contributed by atoms with Gasteiger partial charge in [-0.3, -0.25) is 9.59 Å². The fourth-order valence-electron chi connectivity index (χ4n) is 2.45. The molecule has 1 aliphatic heterocycles. The Balaban J connectivity index is 1.67. The summed E-state index contributed by atoms with van der Waals surface area (Å²) >= 11 is 0. The molecule has 1 atom stereocenters. The average molecular weight is 314 g/mol. The number of amides is 1. The van der Waals surface area contributed by atoms with Gasteiger partial charge >= 0.3 is 0 Å². The number of carbonyl (C=O) groups is 1. The van der Waals surface area contributed by atoms with Gasteiger partial charge in [0.15, 0.2) is 11.5 Å². The monoisotopic (exact) mass is 314 g/mol. The van der Waals surface area contributed by atoms with Gasteiger partial charge in [0.05, 0.1) is 6.04 Å². The molecule has 120 valence electrons.